The van der Waals surface area contributed by atoms with Crippen LogP contribution in [0.5, 0.6) is 0 Å². The van der Waals surface area contributed by atoms with Gasteiger partial charge >= 0.3 is 0 Å². The molecule has 0 aliphatic rings. The molecule has 1 rings (SSSR count). The zero-order valence-electron chi connectivity index (χ0n) is 7.93. The van der Waals surface area contributed by atoms with Crippen molar-refractivity contribution in [3.8, 4) is 0 Å². The largest absolute Gasteiger partial charge is 0.342 e. The molecule has 1 aromatic rings. The standard InChI is InChI=1S/C9H14N2O/c1-6-5-10-8(11-6)7(12)9(2,3)4/h5H,1-4H3,(H,10,11). The quantitative estimate of drug-likeness (QED) is 0.648. The molecule has 3 heteroatoms. The molecule has 0 spiro atoms. The van der Waals surface area contributed by atoms with Crippen LogP contribution < -0.4 is 0 Å². The maximum atomic E-state index is 11.6. The molecule has 0 amide bonds. The molecule has 1 aromatic heterocycles. The lowest BCUT2D eigenvalue weighted by Gasteiger charge is -2.13. The Morgan fingerprint density at radius 2 is 2.08 bits per heavy atom. The van der Waals surface area contributed by atoms with Crippen molar-refractivity contribution in [2.75, 3.05) is 0 Å². The number of H-pyrrole nitrogens is 1. The van der Waals surface area contributed by atoms with E-state index in [9.17, 15) is 4.79 Å². The molecule has 0 atom stereocenters. The van der Waals surface area contributed by atoms with E-state index < -0.39 is 0 Å². The van der Waals surface area contributed by atoms with E-state index in [-0.39, 0.29) is 11.2 Å². The smallest absolute Gasteiger partial charge is 0.203 e. The molecule has 0 aliphatic heterocycles. The number of hydrogen-bond donors (Lipinski definition) is 1. The Morgan fingerprint density at radius 3 is 2.42 bits per heavy atom. The third kappa shape index (κ3) is 1.72. The predicted molar refractivity (Wildman–Crippen MR) is 47.1 cm³/mol. The fourth-order valence-corrected chi connectivity index (χ4v) is 0.885. The first-order valence-electron chi connectivity index (χ1n) is 3.98. The second kappa shape index (κ2) is 2.73. The van der Waals surface area contributed by atoms with Crippen molar-refractivity contribution in [1.29, 1.82) is 0 Å². The number of carbonyl (C=O) groups excluding carboxylic acids is 1. The maximum Gasteiger partial charge on any atom is 0.203 e. The van der Waals surface area contributed by atoms with Gasteiger partial charge in [-0.3, -0.25) is 4.79 Å². The highest BCUT2D eigenvalue weighted by Crippen LogP contribution is 2.18. The van der Waals surface area contributed by atoms with Gasteiger partial charge in [0.05, 0.1) is 5.69 Å². The number of aromatic nitrogens is 2. The van der Waals surface area contributed by atoms with Crippen LogP contribution in [0.25, 0.3) is 0 Å². The number of Topliss-reactive ketones (excluding diaryl/α,β-unsaturated/α-hetero) is 1. The minimum absolute atomic E-state index is 0.0515. The highest BCUT2D eigenvalue weighted by molar-refractivity contribution is 5.96. The van der Waals surface area contributed by atoms with Crippen LogP contribution in [0, 0.1) is 12.3 Å². The van der Waals surface area contributed by atoms with Gasteiger partial charge in [-0.25, -0.2) is 4.98 Å². The monoisotopic (exact) mass is 166 g/mol. The summed E-state index contributed by atoms with van der Waals surface area (Å²) in [6.07, 6.45) is 1.74. The van der Waals surface area contributed by atoms with E-state index in [4.69, 9.17) is 0 Å². The van der Waals surface area contributed by atoms with Crippen LogP contribution in [0.2, 0.25) is 0 Å². The van der Waals surface area contributed by atoms with Gasteiger partial charge in [0.1, 0.15) is 0 Å². The lowest BCUT2D eigenvalue weighted by molar-refractivity contribution is 0.0848. The molecule has 0 saturated heterocycles. The van der Waals surface area contributed by atoms with Crippen molar-refractivity contribution < 1.29 is 4.79 Å². The van der Waals surface area contributed by atoms with Crippen LogP contribution in [0.1, 0.15) is 37.1 Å². The van der Waals surface area contributed by atoms with Crippen LogP contribution in [-0.2, 0) is 0 Å². The Hall–Kier alpha value is -1.12. The SMILES string of the molecule is Cc1c[nH]c(C(=O)C(C)(C)C)n1. The Morgan fingerprint density at radius 1 is 1.50 bits per heavy atom. The van der Waals surface area contributed by atoms with Gasteiger partial charge in [-0.05, 0) is 6.92 Å². The van der Waals surface area contributed by atoms with E-state index in [2.05, 4.69) is 9.97 Å². The Balaban J connectivity index is 2.93. The average Bonchev–Trinajstić information content (AvgIpc) is 2.32. The van der Waals surface area contributed by atoms with Crippen molar-refractivity contribution in [2.45, 2.75) is 27.7 Å². The number of carbonyl (C=O) groups is 1. The van der Waals surface area contributed by atoms with Gasteiger partial charge < -0.3 is 4.98 Å². The number of nitrogens with one attached hydrogen (secondary N) is 1. The molecule has 0 saturated carbocycles. The van der Waals surface area contributed by atoms with E-state index in [0.717, 1.165) is 5.69 Å². The van der Waals surface area contributed by atoms with Gasteiger partial charge in [0, 0.05) is 11.6 Å². The third-order valence-electron chi connectivity index (χ3n) is 1.60. The summed E-state index contributed by atoms with van der Waals surface area (Å²) in [5, 5.41) is 0. The Bertz CT molecular complexity index is 294. The molecule has 0 aromatic carbocycles. The summed E-state index contributed by atoms with van der Waals surface area (Å²) in [6.45, 7) is 7.50. The van der Waals surface area contributed by atoms with Crippen molar-refractivity contribution in [2.24, 2.45) is 5.41 Å². The normalized spacial score (nSPS) is 11.7. The molecule has 1 heterocycles. The number of imidazole rings is 1. The number of rotatable bonds is 1. The molecule has 3 nitrogen and oxygen atoms in total. The fraction of sp³-hybridized carbons (Fsp3) is 0.556. The fourth-order valence-electron chi connectivity index (χ4n) is 0.885. The summed E-state index contributed by atoms with van der Waals surface area (Å²) in [4.78, 5) is 18.5. The molecule has 0 bridgehead atoms. The van der Waals surface area contributed by atoms with E-state index in [0.29, 0.717) is 5.82 Å². The summed E-state index contributed by atoms with van der Waals surface area (Å²) in [5.41, 5.74) is 0.493. The van der Waals surface area contributed by atoms with E-state index in [1.54, 1.807) is 6.20 Å². The highest BCUT2D eigenvalue weighted by Gasteiger charge is 2.24. The number of aryl methyl sites for hydroxylation is 1. The molecule has 12 heavy (non-hydrogen) atoms. The first-order chi connectivity index (χ1) is 5.41. The topological polar surface area (TPSA) is 45.8 Å². The second-order valence-electron chi connectivity index (χ2n) is 3.97. The predicted octanol–water partition coefficient (Wildman–Crippen LogP) is 1.95. The molecule has 0 aliphatic carbocycles. The van der Waals surface area contributed by atoms with Gasteiger partial charge in [-0.1, -0.05) is 20.8 Å². The van der Waals surface area contributed by atoms with Crippen LogP contribution in [0.15, 0.2) is 6.20 Å². The first-order valence-corrected chi connectivity index (χ1v) is 3.98. The molecule has 1 N–H and O–H groups in total. The molecule has 0 radical (unpaired) electrons. The first kappa shape index (κ1) is 8.97. The van der Waals surface area contributed by atoms with Gasteiger partial charge in [-0.2, -0.15) is 0 Å². The summed E-state index contributed by atoms with van der Waals surface area (Å²) >= 11 is 0. The maximum absolute atomic E-state index is 11.6. The van der Waals surface area contributed by atoms with Crippen LogP contribution in [0.3, 0.4) is 0 Å². The third-order valence-corrected chi connectivity index (χ3v) is 1.60. The molecule has 0 unspecified atom stereocenters. The van der Waals surface area contributed by atoms with Crippen LogP contribution >= 0.6 is 0 Å². The van der Waals surface area contributed by atoms with E-state index >= 15 is 0 Å². The van der Waals surface area contributed by atoms with Crippen LogP contribution in [0.4, 0.5) is 0 Å². The van der Waals surface area contributed by atoms with Crippen molar-refractivity contribution >= 4 is 5.78 Å². The molecular weight excluding hydrogens is 152 g/mol. The Labute approximate surface area is 72.2 Å². The summed E-state index contributed by atoms with van der Waals surface area (Å²) in [6, 6.07) is 0. The average molecular weight is 166 g/mol. The highest BCUT2D eigenvalue weighted by atomic mass is 16.1. The van der Waals surface area contributed by atoms with Crippen molar-refractivity contribution in [3.63, 3.8) is 0 Å². The minimum Gasteiger partial charge on any atom is -0.342 e. The number of nitrogens with zero attached hydrogens (tertiary/aromatic N) is 1. The second-order valence-corrected chi connectivity index (χ2v) is 3.97. The zero-order valence-corrected chi connectivity index (χ0v) is 7.93. The van der Waals surface area contributed by atoms with E-state index in [1.807, 2.05) is 27.7 Å². The van der Waals surface area contributed by atoms with Crippen molar-refractivity contribution in [3.05, 3.63) is 17.7 Å². The number of hydrogen-bond acceptors (Lipinski definition) is 2. The number of ketones is 1. The van der Waals surface area contributed by atoms with Crippen molar-refractivity contribution in [1.82, 2.24) is 9.97 Å². The summed E-state index contributed by atoms with van der Waals surface area (Å²) < 4.78 is 0. The lowest BCUT2D eigenvalue weighted by Crippen LogP contribution is -2.21. The van der Waals surface area contributed by atoms with Gasteiger partial charge in [0.15, 0.2) is 5.82 Å². The summed E-state index contributed by atoms with van der Waals surface area (Å²) in [7, 11) is 0. The molecular formula is C9H14N2O. The molecule has 66 valence electrons. The summed E-state index contributed by atoms with van der Waals surface area (Å²) in [5.74, 6) is 0.510. The van der Waals surface area contributed by atoms with Gasteiger partial charge in [0.25, 0.3) is 0 Å². The minimum atomic E-state index is -0.357. The van der Waals surface area contributed by atoms with E-state index in [1.165, 1.54) is 0 Å². The molecule has 0 fully saturated rings. The van der Waals surface area contributed by atoms with Gasteiger partial charge in [0.2, 0.25) is 5.78 Å². The van der Waals surface area contributed by atoms with Gasteiger partial charge in [-0.15, -0.1) is 0 Å². The van der Waals surface area contributed by atoms with Crippen LogP contribution in [-0.4, -0.2) is 15.8 Å². The zero-order chi connectivity index (χ0) is 9.35. The lowest BCUT2D eigenvalue weighted by atomic mass is 9.90. The number of aromatic amines is 1. The Kier molecular flexibility index (Phi) is 2.04.